The lowest BCUT2D eigenvalue weighted by Crippen LogP contribution is -2.25. The van der Waals surface area contributed by atoms with Gasteiger partial charge in [0.05, 0.1) is 5.69 Å². The Morgan fingerprint density at radius 3 is 2.09 bits per heavy atom. The number of anilines is 4. The lowest BCUT2D eigenvalue weighted by Gasteiger charge is -2.19. The van der Waals surface area contributed by atoms with Gasteiger partial charge in [-0.25, -0.2) is 18.2 Å². The molecule has 2 N–H and O–H groups in total. The first kappa shape index (κ1) is 24.2. The van der Waals surface area contributed by atoms with Crippen molar-refractivity contribution >= 4 is 50.3 Å². The third-order valence-electron chi connectivity index (χ3n) is 5.21. The van der Waals surface area contributed by atoms with Crippen LogP contribution in [0.15, 0.2) is 89.3 Å². The molecule has 180 valence electrons. The Kier molecular flexibility index (Phi) is 7.04. The molecule has 0 fully saturated rings. The molecular formula is C25H25N5O3S2. The highest BCUT2D eigenvalue weighted by Gasteiger charge is 2.24. The van der Waals surface area contributed by atoms with E-state index in [1.54, 1.807) is 54.7 Å². The molecule has 2 amide bonds. The summed E-state index contributed by atoms with van der Waals surface area (Å²) in [6.45, 7) is 0. The maximum Gasteiger partial charge on any atom is 0.323 e. The van der Waals surface area contributed by atoms with Gasteiger partial charge >= 0.3 is 6.03 Å². The highest BCUT2D eigenvalue weighted by molar-refractivity contribution is 7.94. The number of hydrogen-bond acceptors (Lipinski definition) is 6. The first-order valence-electron chi connectivity index (χ1n) is 10.7. The summed E-state index contributed by atoms with van der Waals surface area (Å²) in [6, 6.07) is 22.5. The van der Waals surface area contributed by atoms with Gasteiger partial charge in [0.1, 0.15) is 10.0 Å². The summed E-state index contributed by atoms with van der Waals surface area (Å²) in [7, 11) is 1.58. The monoisotopic (exact) mass is 507 g/mol. The van der Waals surface area contributed by atoms with Gasteiger partial charge in [-0.1, -0.05) is 18.2 Å². The Morgan fingerprint density at radius 2 is 1.49 bits per heavy atom. The van der Waals surface area contributed by atoms with E-state index in [0.717, 1.165) is 16.3 Å². The molecule has 0 spiro atoms. The quantitative estimate of drug-likeness (QED) is 0.352. The summed E-state index contributed by atoms with van der Waals surface area (Å²) >= 11 is 1.19. The molecule has 0 aliphatic rings. The van der Waals surface area contributed by atoms with Crippen molar-refractivity contribution in [3.05, 3.63) is 85.1 Å². The van der Waals surface area contributed by atoms with Gasteiger partial charge in [0.2, 0.25) is 0 Å². The van der Waals surface area contributed by atoms with Crippen LogP contribution in [0.2, 0.25) is 0 Å². The van der Waals surface area contributed by atoms with Crippen molar-refractivity contribution in [1.82, 2.24) is 4.98 Å². The molecule has 0 bridgehead atoms. The van der Waals surface area contributed by atoms with Crippen LogP contribution in [-0.4, -0.2) is 40.6 Å². The number of sulfonamides is 1. The zero-order valence-corrected chi connectivity index (χ0v) is 21.1. The van der Waals surface area contributed by atoms with E-state index >= 15 is 0 Å². The summed E-state index contributed by atoms with van der Waals surface area (Å²) in [6.07, 6.45) is 1.74. The van der Waals surface area contributed by atoms with Crippen molar-refractivity contribution in [2.45, 2.75) is 4.21 Å². The minimum atomic E-state index is -3.75. The van der Waals surface area contributed by atoms with Gasteiger partial charge in [-0.3, -0.25) is 4.31 Å². The molecule has 4 aromatic rings. The number of carbonyl (C=O) groups excluding carboxylic acids is 1. The number of para-hydroxylation sites is 1. The lowest BCUT2D eigenvalue weighted by molar-refractivity contribution is 0.262. The van der Waals surface area contributed by atoms with E-state index in [-0.39, 0.29) is 10.2 Å². The normalized spacial score (nSPS) is 11.1. The average Bonchev–Trinajstić information content (AvgIpc) is 3.36. The van der Waals surface area contributed by atoms with E-state index in [1.165, 1.54) is 22.7 Å². The Labute approximate surface area is 208 Å². The fourth-order valence-corrected chi connectivity index (χ4v) is 5.92. The molecule has 0 saturated heterocycles. The van der Waals surface area contributed by atoms with Crippen LogP contribution in [0.25, 0.3) is 10.4 Å². The van der Waals surface area contributed by atoms with E-state index in [0.29, 0.717) is 17.1 Å². The van der Waals surface area contributed by atoms with Crippen LogP contribution < -0.4 is 19.8 Å². The second-order valence-corrected chi connectivity index (χ2v) is 11.2. The molecule has 0 aliphatic heterocycles. The standard InChI is InChI=1S/C25H25N5O3S2/c1-29(2)23-15-9-18(17-26-23)22-14-16-24(34-22)35(32,33)30(3)21-12-10-20(11-13-21)28-25(31)27-19-7-5-4-6-8-19/h4-17H,1-3H3,(H2,27,28,31). The van der Waals surface area contributed by atoms with Crippen LogP contribution in [0.3, 0.4) is 0 Å². The van der Waals surface area contributed by atoms with Crippen molar-refractivity contribution in [2.24, 2.45) is 0 Å². The van der Waals surface area contributed by atoms with E-state index < -0.39 is 10.0 Å². The molecule has 2 aromatic heterocycles. The maximum atomic E-state index is 13.2. The average molecular weight is 508 g/mol. The molecule has 0 aliphatic carbocycles. The van der Waals surface area contributed by atoms with Gasteiger partial charge in [-0.05, 0) is 60.7 Å². The molecule has 10 heteroatoms. The molecule has 0 saturated carbocycles. The number of rotatable bonds is 7. The molecule has 0 unspecified atom stereocenters. The van der Waals surface area contributed by atoms with Gasteiger partial charge in [0.15, 0.2) is 0 Å². The summed E-state index contributed by atoms with van der Waals surface area (Å²) in [4.78, 5) is 19.3. The van der Waals surface area contributed by atoms with Crippen LogP contribution in [0.5, 0.6) is 0 Å². The molecule has 2 heterocycles. The zero-order chi connectivity index (χ0) is 25.0. The third-order valence-corrected chi connectivity index (χ3v) is 8.59. The van der Waals surface area contributed by atoms with E-state index in [4.69, 9.17) is 0 Å². The number of hydrogen-bond donors (Lipinski definition) is 2. The highest BCUT2D eigenvalue weighted by Crippen LogP contribution is 2.33. The Morgan fingerprint density at radius 1 is 0.829 bits per heavy atom. The van der Waals surface area contributed by atoms with Crippen molar-refractivity contribution in [3.63, 3.8) is 0 Å². The number of nitrogens with one attached hydrogen (secondary N) is 2. The van der Waals surface area contributed by atoms with Gasteiger partial charge in [-0.15, -0.1) is 11.3 Å². The summed E-state index contributed by atoms with van der Waals surface area (Å²) in [5.41, 5.74) is 2.55. The van der Waals surface area contributed by atoms with Gasteiger partial charge < -0.3 is 15.5 Å². The highest BCUT2D eigenvalue weighted by atomic mass is 32.2. The molecule has 0 atom stereocenters. The number of urea groups is 1. The second kappa shape index (κ2) is 10.2. The van der Waals surface area contributed by atoms with E-state index in [1.807, 2.05) is 49.3 Å². The predicted molar refractivity (Wildman–Crippen MR) is 143 cm³/mol. The van der Waals surface area contributed by atoms with Gasteiger partial charge in [-0.2, -0.15) is 0 Å². The van der Waals surface area contributed by atoms with Crippen molar-refractivity contribution < 1.29 is 13.2 Å². The number of amides is 2. The number of aromatic nitrogens is 1. The number of thiophene rings is 1. The van der Waals surface area contributed by atoms with Crippen LogP contribution in [0.4, 0.5) is 27.7 Å². The van der Waals surface area contributed by atoms with Gasteiger partial charge in [0.25, 0.3) is 10.0 Å². The molecule has 8 nitrogen and oxygen atoms in total. The SMILES string of the molecule is CN(C)c1ccc(-c2ccc(S(=O)(=O)N(C)c3ccc(NC(=O)Nc4ccccc4)cc3)s2)cn1. The minimum absolute atomic E-state index is 0.233. The Hall–Kier alpha value is -3.89. The van der Waals surface area contributed by atoms with Gasteiger partial charge in [0, 0.05) is 49.2 Å². The number of pyridine rings is 1. The van der Waals surface area contributed by atoms with Crippen molar-refractivity contribution in [1.29, 1.82) is 0 Å². The van der Waals surface area contributed by atoms with Crippen LogP contribution in [0, 0.1) is 0 Å². The number of benzene rings is 2. The van der Waals surface area contributed by atoms with Crippen LogP contribution >= 0.6 is 11.3 Å². The molecular weight excluding hydrogens is 482 g/mol. The molecule has 4 rings (SSSR count). The Balaban J connectivity index is 1.45. The smallest absolute Gasteiger partial charge is 0.323 e. The first-order chi connectivity index (χ1) is 16.7. The Bertz CT molecular complexity index is 1400. The largest absolute Gasteiger partial charge is 0.363 e. The van der Waals surface area contributed by atoms with E-state index in [2.05, 4.69) is 15.6 Å². The predicted octanol–water partition coefficient (Wildman–Crippen LogP) is 5.35. The minimum Gasteiger partial charge on any atom is -0.363 e. The van der Waals surface area contributed by atoms with E-state index in [9.17, 15) is 13.2 Å². The maximum absolute atomic E-state index is 13.2. The molecule has 35 heavy (non-hydrogen) atoms. The number of carbonyl (C=O) groups is 1. The molecule has 2 aromatic carbocycles. The third kappa shape index (κ3) is 5.61. The summed E-state index contributed by atoms with van der Waals surface area (Å²) in [5, 5.41) is 5.47. The van der Waals surface area contributed by atoms with Crippen LogP contribution in [-0.2, 0) is 10.0 Å². The fourth-order valence-electron chi connectivity index (χ4n) is 3.25. The summed E-state index contributed by atoms with van der Waals surface area (Å²) in [5.74, 6) is 0.827. The lowest BCUT2D eigenvalue weighted by atomic mass is 10.2. The topological polar surface area (TPSA) is 94.6 Å². The van der Waals surface area contributed by atoms with Crippen molar-refractivity contribution in [3.8, 4) is 10.4 Å². The van der Waals surface area contributed by atoms with Crippen LogP contribution in [0.1, 0.15) is 0 Å². The second-order valence-electron chi connectivity index (χ2n) is 7.88. The summed E-state index contributed by atoms with van der Waals surface area (Å²) < 4.78 is 27.9. The fraction of sp³-hybridized carbons (Fsp3) is 0.120. The zero-order valence-electron chi connectivity index (χ0n) is 19.5. The number of nitrogens with zero attached hydrogens (tertiary/aromatic N) is 3. The first-order valence-corrected chi connectivity index (χ1v) is 13.0. The van der Waals surface area contributed by atoms with Crippen molar-refractivity contribution in [2.75, 3.05) is 41.0 Å². The molecule has 0 radical (unpaired) electrons.